The van der Waals surface area contributed by atoms with E-state index < -0.39 is 12.1 Å². The Hall–Kier alpha value is -1.62. The number of methoxy groups -OCH3 is 1. The van der Waals surface area contributed by atoms with Crippen LogP contribution in [0.4, 0.5) is 0 Å². The highest BCUT2D eigenvalue weighted by Crippen LogP contribution is 2.19. The minimum atomic E-state index is -1.06. The number of nitrogens with zero attached hydrogens (tertiary/aromatic N) is 1. The number of hydrogen-bond acceptors (Lipinski definition) is 4. The summed E-state index contributed by atoms with van der Waals surface area (Å²) in [5.41, 5.74) is 0.437. The van der Waals surface area contributed by atoms with Gasteiger partial charge in [-0.15, -0.1) is 0 Å². The molecule has 0 aliphatic heterocycles. The maximum atomic E-state index is 10.3. The first-order valence-electron chi connectivity index (χ1n) is 4.02. The zero-order valence-corrected chi connectivity index (χ0v) is 7.67. The molecular formula is C9H11NO4. The Morgan fingerprint density at radius 2 is 2.36 bits per heavy atom. The lowest BCUT2D eigenvalue weighted by Gasteiger charge is -2.08. The topological polar surface area (TPSA) is 79.7 Å². The molecule has 0 fully saturated rings. The predicted octanol–water partition coefficient (Wildman–Crippen LogP) is 0.598. The maximum Gasteiger partial charge on any atom is 0.306 e. The van der Waals surface area contributed by atoms with Crippen molar-refractivity contribution in [1.82, 2.24) is 4.98 Å². The summed E-state index contributed by atoms with van der Waals surface area (Å²) in [7, 11) is 1.48. The zero-order chi connectivity index (χ0) is 10.6. The third-order valence-corrected chi connectivity index (χ3v) is 1.72. The van der Waals surface area contributed by atoms with Gasteiger partial charge in [0.25, 0.3) is 0 Å². The van der Waals surface area contributed by atoms with Crippen molar-refractivity contribution in [2.45, 2.75) is 12.5 Å². The number of carboxylic acid groups (broad SMARTS) is 1. The van der Waals surface area contributed by atoms with E-state index in [1.807, 2.05) is 0 Å². The van der Waals surface area contributed by atoms with Crippen molar-refractivity contribution in [1.29, 1.82) is 0 Å². The summed E-state index contributed by atoms with van der Waals surface area (Å²) in [5.74, 6) is -0.563. The van der Waals surface area contributed by atoms with Gasteiger partial charge in [-0.1, -0.05) is 0 Å². The van der Waals surface area contributed by atoms with Crippen LogP contribution in [-0.4, -0.2) is 28.3 Å². The van der Waals surface area contributed by atoms with Crippen LogP contribution < -0.4 is 4.74 Å². The highest BCUT2D eigenvalue weighted by Gasteiger charge is 2.12. The van der Waals surface area contributed by atoms with E-state index in [-0.39, 0.29) is 6.42 Å². The van der Waals surface area contributed by atoms with Gasteiger partial charge in [0.15, 0.2) is 0 Å². The van der Waals surface area contributed by atoms with Gasteiger partial charge in [0.2, 0.25) is 0 Å². The molecule has 5 nitrogen and oxygen atoms in total. The number of rotatable bonds is 4. The maximum absolute atomic E-state index is 10.3. The quantitative estimate of drug-likeness (QED) is 0.738. The third kappa shape index (κ3) is 2.70. The van der Waals surface area contributed by atoms with Crippen molar-refractivity contribution < 1.29 is 19.7 Å². The molecule has 0 aromatic carbocycles. The molecule has 5 heteroatoms. The van der Waals surface area contributed by atoms with E-state index in [0.29, 0.717) is 11.3 Å². The lowest BCUT2D eigenvalue weighted by molar-refractivity contribution is -0.139. The summed E-state index contributed by atoms with van der Waals surface area (Å²) >= 11 is 0. The first-order valence-corrected chi connectivity index (χ1v) is 4.02. The summed E-state index contributed by atoms with van der Waals surface area (Å²) in [4.78, 5) is 14.1. The Labute approximate surface area is 81.0 Å². The van der Waals surface area contributed by atoms with Crippen LogP contribution in [0.1, 0.15) is 18.1 Å². The number of ether oxygens (including phenoxy) is 1. The molecule has 0 aliphatic rings. The summed E-state index contributed by atoms with van der Waals surface area (Å²) in [6.07, 6.45) is 1.51. The highest BCUT2D eigenvalue weighted by molar-refractivity contribution is 5.67. The van der Waals surface area contributed by atoms with Crippen LogP contribution >= 0.6 is 0 Å². The Morgan fingerprint density at radius 3 is 2.93 bits per heavy atom. The zero-order valence-electron chi connectivity index (χ0n) is 7.67. The van der Waals surface area contributed by atoms with Gasteiger partial charge in [0.1, 0.15) is 5.75 Å². The number of carboxylic acids is 1. The molecule has 76 valence electrons. The van der Waals surface area contributed by atoms with Crippen molar-refractivity contribution in [3.63, 3.8) is 0 Å². The standard InChI is InChI=1S/C9H11NO4/c1-14-7-2-6(4-10-5-7)8(11)3-9(12)13/h2,4-5,8,11H,3H2,1H3,(H,12,13). The van der Waals surface area contributed by atoms with E-state index >= 15 is 0 Å². The van der Waals surface area contributed by atoms with Gasteiger partial charge < -0.3 is 14.9 Å². The summed E-state index contributed by atoms with van der Waals surface area (Å²) in [6, 6.07) is 1.56. The lowest BCUT2D eigenvalue weighted by atomic mass is 10.1. The smallest absolute Gasteiger partial charge is 0.306 e. The van der Waals surface area contributed by atoms with E-state index in [1.54, 1.807) is 6.07 Å². The van der Waals surface area contributed by atoms with Crippen molar-refractivity contribution in [2.75, 3.05) is 7.11 Å². The van der Waals surface area contributed by atoms with E-state index in [1.165, 1.54) is 19.5 Å². The molecule has 1 aromatic rings. The first-order chi connectivity index (χ1) is 6.63. The second kappa shape index (κ2) is 4.57. The molecular weight excluding hydrogens is 186 g/mol. The van der Waals surface area contributed by atoms with Crippen LogP contribution in [-0.2, 0) is 4.79 Å². The first kappa shape index (κ1) is 10.5. The predicted molar refractivity (Wildman–Crippen MR) is 48.0 cm³/mol. The molecule has 1 aromatic heterocycles. The molecule has 1 atom stereocenters. The van der Waals surface area contributed by atoms with Crippen LogP contribution in [0.3, 0.4) is 0 Å². The minimum Gasteiger partial charge on any atom is -0.495 e. The van der Waals surface area contributed by atoms with E-state index in [9.17, 15) is 9.90 Å². The molecule has 0 amide bonds. The molecule has 1 unspecified atom stereocenters. The number of aliphatic hydroxyl groups excluding tert-OH is 1. The lowest BCUT2D eigenvalue weighted by Crippen LogP contribution is -2.05. The fourth-order valence-electron chi connectivity index (χ4n) is 1.01. The summed E-state index contributed by atoms with van der Waals surface area (Å²) < 4.78 is 4.89. The molecule has 0 bridgehead atoms. The monoisotopic (exact) mass is 197 g/mol. The van der Waals surface area contributed by atoms with Crippen LogP contribution in [0.15, 0.2) is 18.5 Å². The SMILES string of the molecule is COc1cncc(C(O)CC(=O)O)c1. The molecule has 2 N–H and O–H groups in total. The Bertz CT molecular complexity index is 326. The van der Waals surface area contributed by atoms with E-state index in [0.717, 1.165) is 0 Å². The normalized spacial score (nSPS) is 12.1. The second-order valence-corrected chi connectivity index (χ2v) is 2.77. The highest BCUT2D eigenvalue weighted by atomic mass is 16.5. The minimum absolute atomic E-state index is 0.338. The van der Waals surface area contributed by atoms with Crippen molar-refractivity contribution >= 4 is 5.97 Å². The molecule has 0 saturated carbocycles. The van der Waals surface area contributed by atoms with Gasteiger partial charge in [-0.05, 0) is 6.07 Å². The number of aliphatic hydroxyl groups is 1. The van der Waals surface area contributed by atoms with Gasteiger partial charge in [-0.2, -0.15) is 0 Å². The number of aromatic nitrogens is 1. The Balaban J connectivity index is 2.78. The summed E-state index contributed by atoms with van der Waals surface area (Å²) in [6.45, 7) is 0. The average molecular weight is 197 g/mol. The molecule has 0 aliphatic carbocycles. The number of hydrogen-bond donors (Lipinski definition) is 2. The van der Waals surface area contributed by atoms with Gasteiger partial charge in [0.05, 0.1) is 25.8 Å². The van der Waals surface area contributed by atoms with Crippen LogP contribution in [0.5, 0.6) is 5.75 Å². The number of aliphatic carboxylic acids is 1. The van der Waals surface area contributed by atoms with E-state index in [2.05, 4.69) is 4.98 Å². The largest absolute Gasteiger partial charge is 0.495 e. The van der Waals surface area contributed by atoms with Gasteiger partial charge in [0, 0.05) is 11.8 Å². The fourth-order valence-corrected chi connectivity index (χ4v) is 1.01. The number of pyridine rings is 1. The average Bonchev–Trinajstić information content (AvgIpc) is 2.17. The Morgan fingerprint density at radius 1 is 1.64 bits per heavy atom. The molecule has 0 saturated heterocycles. The van der Waals surface area contributed by atoms with Gasteiger partial charge in [-0.25, -0.2) is 0 Å². The third-order valence-electron chi connectivity index (χ3n) is 1.72. The fraction of sp³-hybridized carbons (Fsp3) is 0.333. The van der Waals surface area contributed by atoms with Crippen molar-refractivity contribution in [3.8, 4) is 5.75 Å². The van der Waals surface area contributed by atoms with Gasteiger partial charge in [-0.3, -0.25) is 9.78 Å². The molecule has 1 rings (SSSR count). The Kier molecular flexibility index (Phi) is 3.41. The number of carbonyl (C=O) groups is 1. The van der Waals surface area contributed by atoms with Crippen molar-refractivity contribution in [2.24, 2.45) is 0 Å². The van der Waals surface area contributed by atoms with Crippen LogP contribution in [0, 0.1) is 0 Å². The molecule has 0 radical (unpaired) electrons. The molecule has 14 heavy (non-hydrogen) atoms. The van der Waals surface area contributed by atoms with Crippen LogP contribution in [0.25, 0.3) is 0 Å². The van der Waals surface area contributed by atoms with E-state index in [4.69, 9.17) is 9.84 Å². The van der Waals surface area contributed by atoms with Crippen LogP contribution in [0.2, 0.25) is 0 Å². The van der Waals surface area contributed by atoms with Crippen molar-refractivity contribution in [3.05, 3.63) is 24.0 Å². The second-order valence-electron chi connectivity index (χ2n) is 2.77. The molecule has 0 spiro atoms. The summed E-state index contributed by atoms with van der Waals surface area (Å²) in [5, 5.41) is 17.9. The molecule has 1 heterocycles. The van der Waals surface area contributed by atoms with Gasteiger partial charge >= 0.3 is 5.97 Å².